The molecule has 0 saturated heterocycles. The number of carbonyl (C=O) groups excluding carboxylic acids is 1. The fraction of sp³-hybridized carbons (Fsp3) is 0.538. The highest BCUT2D eigenvalue weighted by Gasteiger charge is 2.41. The van der Waals surface area contributed by atoms with Crippen molar-refractivity contribution in [2.45, 2.75) is 31.7 Å². The second kappa shape index (κ2) is 4.84. The molecule has 1 saturated carbocycles. The summed E-state index contributed by atoms with van der Waals surface area (Å²) in [5.41, 5.74) is 6.31. The molecule has 0 aromatic carbocycles. The van der Waals surface area contributed by atoms with Crippen LogP contribution in [0.2, 0.25) is 0 Å². The SMILES string of the molecule is CC(CN)(NC(=O)Cc1ccccn1)C1CC1. The van der Waals surface area contributed by atoms with Gasteiger partial charge in [0.2, 0.25) is 5.91 Å². The number of nitrogens with zero attached hydrogens (tertiary/aromatic N) is 1. The van der Waals surface area contributed by atoms with Crippen LogP contribution >= 0.6 is 0 Å². The lowest BCUT2D eigenvalue weighted by Crippen LogP contribution is -2.53. The number of hydrogen-bond donors (Lipinski definition) is 2. The molecular formula is C13H19N3O. The standard InChI is InChI=1S/C13H19N3O/c1-13(9-14,10-5-6-10)16-12(17)8-11-4-2-3-7-15-11/h2-4,7,10H,5-6,8-9,14H2,1H3,(H,16,17). The normalized spacial score (nSPS) is 18.5. The third kappa shape index (κ3) is 3.03. The molecule has 1 aliphatic rings. The Hall–Kier alpha value is -1.42. The van der Waals surface area contributed by atoms with Crippen molar-refractivity contribution in [1.82, 2.24) is 10.3 Å². The first-order valence-electron chi connectivity index (χ1n) is 6.05. The molecule has 0 aliphatic heterocycles. The average Bonchev–Trinajstić information content (AvgIpc) is 3.14. The van der Waals surface area contributed by atoms with E-state index in [1.165, 1.54) is 0 Å². The zero-order valence-corrected chi connectivity index (χ0v) is 10.1. The number of pyridine rings is 1. The van der Waals surface area contributed by atoms with Gasteiger partial charge in [-0.15, -0.1) is 0 Å². The number of amides is 1. The van der Waals surface area contributed by atoms with Crippen LogP contribution < -0.4 is 11.1 Å². The molecule has 92 valence electrons. The Morgan fingerprint density at radius 2 is 2.35 bits per heavy atom. The molecule has 0 radical (unpaired) electrons. The number of nitrogens with two attached hydrogens (primary N) is 1. The third-order valence-corrected chi connectivity index (χ3v) is 3.40. The molecule has 0 spiro atoms. The summed E-state index contributed by atoms with van der Waals surface area (Å²) in [6, 6.07) is 5.59. The molecule has 17 heavy (non-hydrogen) atoms. The molecule has 1 atom stereocenters. The molecule has 3 N–H and O–H groups in total. The number of carbonyl (C=O) groups is 1. The highest BCUT2D eigenvalue weighted by atomic mass is 16.1. The number of nitrogens with one attached hydrogen (secondary N) is 1. The molecule has 1 heterocycles. The van der Waals surface area contributed by atoms with Gasteiger partial charge >= 0.3 is 0 Å². The summed E-state index contributed by atoms with van der Waals surface area (Å²) >= 11 is 0. The topological polar surface area (TPSA) is 68.0 Å². The van der Waals surface area contributed by atoms with E-state index in [4.69, 9.17) is 5.73 Å². The minimum atomic E-state index is -0.244. The van der Waals surface area contributed by atoms with Crippen LogP contribution in [-0.2, 0) is 11.2 Å². The van der Waals surface area contributed by atoms with Crippen molar-refractivity contribution < 1.29 is 4.79 Å². The first kappa shape index (κ1) is 12.0. The Morgan fingerprint density at radius 1 is 1.59 bits per heavy atom. The molecule has 1 unspecified atom stereocenters. The summed E-state index contributed by atoms with van der Waals surface area (Å²) in [5.74, 6) is 0.545. The number of aromatic nitrogens is 1. The van der Waals surface area contributed by atoms with Crippen LogP contribution in [0.4, 0.5) is 0 Å². The molecule has 0 bridgehead atoms. The van der Waals surface area contributed by atoms with Crippen LogP contribution in [0, 0.1) is 5.92 Å². The van der Waals surface area contributed by atoms with Crippen molar-refractivity contribution in [2.75, 3.05) is 6.54 Å². The zero-order chi connectivity index (χ0) is 12.3. The molecule has 1 aromatic rings. The van der Waals surface area contributed by atoms with Crippen LogP contribution in [0.3, 0.4) is 0 Å². The molecule has 4 nitrogen and oxygen atoms in total. The molecule has 4 heteroatoms. The average molecular weight is 233 g/mol. The summed E-state index contributed by atoms with van der Waals surface area (Å²) < 4.78 is 0. The summed E-state index contributed by atoms with van der Waals surface area (Å²) in [4.78, 5) is 16.1. The summed E-state index contributed by atoms with van der Waals surface area (Å²) in [6.07, 6.45) is 4.35. The Bertz CT molecular complexity index is 389. The lowest BCUT2D eigenvalue weighted by atomic mass is 9.95. The van der Waals surface area contributed by atoms with Crippen molar-refractivity contribution in [3.8, 4) is 0 Å². The van der Waals surface area contributed by atoms with Gasteiger partial charge in [0.05, 0.1) is 12.0 Å². The highest BCUT2D eigenvalue weighted by Crippen LogP contribution is 2.38. The Morgan fingerprint density at radius 3 is 2.88 bits per heavy atom. The van der Waals surface area contributed by atoms with Crippen molar-refractivity contribution in [3.63, 3.8) is 0 Å². The molecule has 1 fully saturated rings. The van der Waals surface area contributed by atoms with Crippen LogP contribution in [0.1, 0.15) is 25.5 Å². The maximum absolute atomic E-state index is 11.9. The number of hydrogen-bond acceptors (Lipinski definition) is 3. The predicted octanol–water partition coefficient (Wildman–Crippen LogP) is 0.868. The number of rotatable bonds is 5. The smallest absolute Gasteiger partial charge is 0.226 e. The molecule has 1 aliphatic carbocycles. The fourth-order valence-corrected chi connectivity index (χ4v) is 2.07. The van der Waals surface area contributed by atoms with Crippen molar-refractivity contribution >= 4 is 5.91 Å². The van der Waals surface area contributed by atoms with E-state index in [1.54, 1.807) is 6.20 Å². The molecule has 1 aromatic heterocycles. The Labute approximate surface area is 102 Å². The first-order chi connectivity index (χ1) is 8.14. The maximum Gasteiger partial charge on any atom is 0.226 e. The summed E-state index contributed by atoms with van der Waals surface area (Å²) in [5, 5.41) is 3.05. The quantitative estimate of drug-likeness (QED) is 0.793. The highest BCUT2D eigenvalue weighted by molar-refractivity contribution is 5.79. The summed E-state index contributed by atoms with van der Waals surface area (Å²) in [6.45, 7) is 2.52. The predicted molar refractivity (Wildman–Crippen MR) is 66.3 cm³/mol. The zero-order valence-electron chi connectivity index (χ0n) is 10.1. The first-order valence-corrected chi connectivity index (χ1v) is 6.05. The van der Waals surface area contributed by atoms with Crippen LogP contribution in [0.15, 0.2) is 24.4 Å². The van der Waals surface area contributed by atoms with E-state index < -0.39 is 0 Å². The van der Waals surface area contributed by atoms with E-state index in [0.717, 1.165) is 18.5 Å². The summed E-state index contributed by atoms with van der Waals surface area (Å²) in [7, 11) is 0. The van der Waals surface area contributed by atoms with Gasteiger partial charge in [0.1, 0.15) is 0 Å². The third-order valence-electron chi connectivity index (χ3n) is 3.40. The largest absolute Gasteiger partial charge is 0.349 e. The van der Waals surface area contributed by atoms with Gasteiger partial charge in [-0.1, -0.05) is 6.07 Å². The van der Waals surface area contributed by atoms with Gasteiger partial charge in [-0.3, -0.25) is 9.78 Å². The molecule has 2 rings (SSSR count). The van der Waals surface area contributed by atoms with Crippen LogP contribution in [-0.4, -0.2) is 23.0 Å². The van der Waals surface area contributed by atoms with Crippen LogP contribution in [0.25, 0.3) is 0 Å². The van der Waals surface area contributed by atoms with Gasteiger partial charge < -0.3 is 11.1 Å². The van der Waals surface area contributed by atoms with E-state index in [0.29, 0.717) is 18.9 Å². The van der Waals surface area contributed by atoms with Crippen LogP contribution in [0.5, 0.6) is 0 Å². The van der Waals surface area contributed by atoms with Crippen molar-refractivity contribution in [2.24, 2.45) is 11.7 Å². The minimum Gasteiger partial charge on any atom is -0.349 e. The Balaban J connectivity index is 1.92. The second-order valence-corrected chi connectivity index (χ2v) is 4.94. The van der Waals surface area contributed by atoms with E-state index in [1.807, 2.05) is 25.1 Å². The lowest BCUT2D eigenvalue weighted by Gasteiger charge is -2.29. The Kier molecular flexibility index (Phi) is 3.43. The van der Waals surface area contributed by atoms with E-state index in [-0.39, 0.29) is 11.4 Å². The van der Waals surface area contributed by atoms with E-state index in [2.05, 4.69) is 10.3 Å². The lowest BCUT2D eigenvalue weighted by molar-refractivity contribution is -0.122. The van der Waals surface area contributed by atoms with Gasteiger partial charge in [0, 0.05) is 18.4 Å². The fourth-order valence-electron chi connectivity index (χ4n) is 2.07. The van der Waals surface area contributed by atoms with E-state index >= 15 is 0 Å². The maximum atomic E-state index is 11.9. The van der Waals surface area contributed by atoms with Crippen molar-refractivity contribution in [1.29, 1.82) is 0 Å². The monoisotopic (exact) mass is 233 g/mol. The van der Waals surface area contributed by atoms with Gasteiger partial charge in [-0.05, 0) is 37.8 Å². The molecular weight excluding hydrogens is 214 g/mol. The van der Waals surface area contributed by atoms with Gasteiger partial charge in [-0.2, -0.15) is 0 Å². The van der Waals surface area contributed by atoms with Gasteiger partial charge in [0.15, 0.2) is 0 Å². The second-order valence-electron chi connectivity index (χ2n) is 4.94. The molecule has 1 amide bonds. The van der Waals surface area contributed by atoms with Gasteiger partial charge in [0.25, 0.3) is 0 Å². The minimum absolute atomic E-state index is 0.00329. The van der Waals surface area contributed by atoms with Crippen molar-refractivity contribution in [3.05, 3.63) is 30.1 Å². The van der Waals surface area contributed by atoms with Gasteiger partial charge in [-0.25, -0.2) is 0 Å². The van der Waals surface area contributed by atoms with E-state index in [9.17, 15) is 4.79 Å².